The summed E-state index contributed by atoms with van der Waals surface area (Å²) in [6.45, 7) is 4.64. The summed E-state index contributed by atoms with van der Waals surface area (Å²) in [7, 11) is -2.99. The number of hydrogen-bond acceptors (Lipinski definition) is 4. The van der Waals surface area contributed by atoms with Crippen molar-refractivity contribution in [1.82, 2.24) is 5.32 Å². The number of rotatable bonds is 8. The average Bonchev–Trinajstić information content (AvgIpc) is 2.75. The van der Waals surface area contributed by atoms with E-state index in [4.69, 9.17) is 0 Å². The molecular weight excluding hydrogens is 262 g/mol. The number of nitrogens with one attached hydrogen (secondary N) is 1. The Morgan fingerprint density at radius 3 is 2.26 bits per heavy atom. The van der Waals surface area contributed by atoms with Crippen molar-refractivity contribution in [3.05, 3.63) is 0 Å². The van der Waals surface area contributed by atoms with Gasteiger partial charge in [0.05, 0.1) is 10.9 Å². The molecule has 2 unspecified atom stereocenters. The Bertz CT molecular complexity index is 361. The fourth-order valence-corrected chi connectivity index (χ4v) is 4.65. The van der Waals surface area contributed by atoms with Crippen LogP contribution in [0.15, 0.2) is 0 Å². The van der Waals surface area contributed by atoms with E-state index in [9.17, 15) is 13.5 Å². The van der Waals surface area contributed by atoms with E-state index >= 15 is 0 Å². The molecule has 4 nitrogen and oxygen atoms in total. The summed E-state index contributed by atoms with van der Waals surface area (Å²) in [5.74, 6) is 0. The maximum atomic E-state index is 11.7. The maximum Gasteiger partial charge on any atom is 0.151 e. The van der Waals surface area contributed by atoms with Crippen molar-refractivity contribution in [2.45, 2.75) is 75.7 Å². The highest BCUT2D eigenvalue weighted by Gasteiger charge is 2.36. The monoisotopic (exact) mass is 291 g/mol. The summed E-state index contributed by atoms with van der Waals surface area (Å²) in [5.41, 5.74) is -0.686. The highest BCUT2D eigenvalue weighted by atomic mass is 32.2. The third-order valence-electron chi connectivity index (χ3n) is 4.13. The van der Waals surface area contributed by atoms with Gasteiger partial charge in [-0.2, -0.15) is 0 Å². The number of aliphatic hydroxyl groups is 1. The molecule has 1 aliphatic carbocycles. The second-order valence-electron chi connectivity index (χ2n) is 6.01. The SMILES string of the molecule is CCCC(O)(CCC)CNC1CCCC1S(C)(=O)=O. The van der Waals surface area contributed by atoms with E-state index in [1.807, 2.05) is 0 Å². The van der Waals surface area contributed by atoms with E-state index in [-0.39, 0.29) is 11.3 Å². The van der Waals surface area contributed by atoms with Crippen LogP contribution in [0.5, 0.6) is 0 Å². The molecule has 0 amide bonds. The maximum absolute atomic E-state index is 11.7. The van der Waals surface area contributed by atoms with E-state index in [0.29, 0.717) is 6.54 Å². The van der Waals surface area contributed by atoms with Gasteiger partial charge in [0.1, 0.15) is 0 Å². The van der Waals surface area contributed by atoms with Crippen LogP contribution in [0.2, 0.25) is 0 Å². The first-order chi connectivity index (χ1) is 8.82. The standard InChI is InChI=1S/C14H29NO3S/c1-4-9-14(16,10-5-2)11-15-12-7-6-8-13(12)19(3,17)18/h12-13,15-16H,4-11H2,1-3H3. The third kappa shape index (κ3) is 5.04. The van der Waals surface area contributed by atoms with Gasteiger partial charge in [0.2, 0.25) is 0 Å². The van der Waals surface area contributed by atoms with Crippen molar-refractivity contribution in [1.29, 1.82) is 0 Å². The van der Waals surface area contributed by atoms with Crippen LogP contribution in [0.3, 0.4) is 0 Å². The van der Waals surface area contributed by atoms with E-state index in [1.165, 1.54) is 6.26 Å². The topological polar surface area (TPSA) is 66.4 Å². The van der Waals surface area contributed by atoms with Crippen molar-refractivity contribution >= 4 is 9.84 Å². The van der Waals surface area contributed by atoms with Crippen LogP contribution in [0.25, 0.3) is 0 Å². The Labute approximate surface area is 117 Å². The Kier molecular flexibility index (Phi) is 6.27. The molecule has 2 atom stereocenters. The van der Waals surface area contributed by atoms with E-state index in [1.54, 1.807) is 0 Å². The van der Waals surface area contributed by atoms with Crippen LogP contribution in [-0.4, -0.2) is 43.2 Å². The van der Waals surface area contributed by atoms with Crippen molar-refractivity contribution in [2.24, 2.45) is 0 Å². The van der Waals surface area contributed by atoms with Crippen LogP contribution in [0.4, 0.5) is 0 Å². The quantitative estimate of drug-likeness (QED) is 0.716. The predicted molar refractivity (Wildman–Crippen MR) is 79.0 cm³/mol. The van der Waals surface area contributed by atoms with Gasteiger partial charge in [-0.05, 0) is 25.7 Å². The van der Waals surface area contributed by atoms with Gasteiger partial charge in [-0.1, -0.05) is 33.1 Å². The molecule has 1 fully saturated rings. The van der Waals surface area contributed by atoms with Gasteiger partial charge in [0, 0.05) is 18.8 Å². The summed E-state index contributed by atoms with van der Waals surface area (Å²) >= 11 is 0. The molecule has 1 saturated carbocycles. The summed E-state index contributed by atoms with van der Waals surface area (Å²) in [5, 5.41) is 13.6. The minimum atomic E-state index is -2.99. The Balaban J connectivity index is 2.59. The van der Waals surface area contributed by atoms with E-state index < -0.39 is 15.4 Å². The largest absolute Gasteiger partial charge is 0.389 e. The molecule has 0 aromatic heterocycles. The summed E-state index contributed by atoms with van der Waals surface area (Å²) in [6.07, 6.45) is 7.34. The van der Waals surface area contributed by atoms with Crippen LogP contribution < -0.4 is 5.32 Å². The highest BCUT2D eigenvalue weighted by molar-refractivity contribution is 7.91. The van der Waals surface area contributed by atoms with Crippen LogP contribution >= 0.6 is 0 Å². The molecule has 0 radical (unpaired) electrons. The summed E-state index contributed by atoms with van der Waals surface area (Å²) in [4.78, 5) is 0. The first-order valence-electron chi connectivity index (χ1n) is 7.47. The van der Waals surface area contributed by atoms with Crippen LogP contribution in [0, 0.1) is 0 Å². The lowest BCUT2D eigenvalue weighted by Gasteiger charge is -2.30. The minimum Gasteiger partial charge on any atom is -0.389 e. The second-order valence-corrected chi connectivity index (χ2v) is 8.28. The molecule has 1 aliphatic rings. The Morgan fingerprint density at radius 2 is 1.79 bits per heavy atom. The smallest absolute Gasteiger partial charge is 0.151 e. The zero-order valence-corrected chi connectivity index (χ0v) is 13.3. The first-order valence-corrected chi connectivity index (χ1v) is 9.42. The molecule has 19 heavy (non-hydrogen) atoms. The van der Waals surface area contributed by atoms with Gasteiger partial charge in [0.25, 0.3) is 0 Å². The van der Waals surface area contributed by atoms with Crippen LogP contribution in [0.1, 0.15) is 58.8 Å². The third-order valence-corrected chi connectivity index (χ3v) is 5.79. The van der Waals surface area contributed by atoms with Gasteiger partial charge >= 0.3 is 0 Å². The molecule has 0 bridgehead atoms. The molecule has 0 aliphatic heterocycles. The van der Waals surface area contributed by atoms with Gasteiger partial charge in [-0.25, -0.2) is 8.42 Å². The van der Waals surface area contributed by atoms with Gasteiger partial charge < -0.3 is 10.4 Å². The fourth-order valence-electron chi connectivity index (χ4n) is 3.23. The second kappa shape index (κ2) is 7.04. The lowest BCUT2D eigenvalue weighted by atomic mass is 9.92. The molecule has 5 heteroatoms. The molecule has 1 rings (SSSR count). The fraction of sp³-hybridized carbons (Fsp3) is 1.00. The summed E-state index contributed by atoms with van der Waals surface area (Å²) in [6, 6.07) is 0.00948. The van der Waals surface area contributed by atoms with Gasteiger partial charge in [-0.3, -0.25) is 0 Å². The zero-order valence-electron chi connectivity index (χ0n) is 12.5. The zero-order chi connectivity index (χ0) is 14.5. The van der Waals surface area contributed by atoms with Gasteiger partial charge in [-0.15, -0.1) is 0 Å². The lowest BCUT2D eigenvalue weighted by Crippen LogP contribution is -2.48. The van der Waals surface area contributed by atoms with E-state index in [0.717, 1.165) is 44.9 Å². The molecule has 0 heterocycles. The summed E-state index contributed by atoms with van der Waals surface area (Å²) < 4.78 is 23.4. The molecular formula is C14H29NO3S. The van der Waals surface area contributed by atoms with E-state index in [2.05, 4.69) is 19.2 Å². The normalized spacial score (nSPS) is 24.8. The van der Waals surface area contributed by atoms with Crippen molar-refractivity contribution in [2.75, 3.05) is 12.8 Å². The molecule has 2 N–H and O–H groups in total. The molecule has 0 aromatic carbocycles. The first kappa shape index (κ1) is 16.9. The predicted octanol–water partition coefficient (Wildman–Crippen LogP) is 1.87. The highest BCUT2D eigenvalue weighted by Crippen LogP contribution is 2.26. The lowest BCUT2D eigenvalue weighted by molar-refractivity contribution is 0.0194. The number of sulfone groups is 1. The average molecular weight is 291 g/mol. The Morgan fingerprint density at radius 1 is 1.21 bits per heavy atom. The molecule has 0 aromatic rings. The molecule has 114 valence electrons. The van der Waals surface area contributed by atoms with Crippen molar-refractivity contribution in [3.63, 3.8) is 0 Å². The minimum absolute atomic E-state index is 0.00948. The van der Waals surface area contributed by atoms with Crippen molar-refractivity contribution in [3.8, 4) is 0 Å². The van der Waals surface area contributed by atoms with Crippen molar-refractivity contribution < 1.29 is 13.5 Å². The van der Waals surface area contributed by atoms with Gasteiger partial charge in [0.15, 0.2) is 9.84 Å². The molecule has 0 spiro atoms. The van der Waals surface area contributed by atoms with Crippen LogP contribution in [-0.2, 0) is 9.84 Å². The molecule has 0 saturated heterocycles. The Hall–Kier alpha value is -0.130. The number of hydrogen-bond donors (Lipinski definition) is 2.